The van der Waals surface area contributed by atoms with Crippen LogP contribution in [0.5, 0.6) is 0 Å². The van der Waals surface area contributed by atoms with Crippen molar-refractivity contribution in [3.05, 3.63) is 64.7 Å². The lowest BCUT2D eigenvalue weighted by molar-refractivity contribution is 1.33. The van der Waals surface area contributed by atoms with Crippen molar-refractivity contribution < 1.29 is 0 Å². The van der Waals surface area contributed by atoms with E-state index in [2.05, 4.69) is 44.2 Å². The molecule has 0 radical (unpaired) electrons. The Kier molecular flexibility index (Phi) is 3.29. The highest BCUT2D eigenvalue weighted by Crippen LogP contribution is 2.14. The number of anilines is 1. The second-order valence-corrected chi connectivity index (χ2v) is 4.34. The zero-order valence-electron chi connectivity index (χ0n) is 10.3. The lowest BCUT2D eigenvalue weighted by Crippen LogP contribution is -1.83. The SMILES string of the molecule is Cc1ccc(/C=C/c2ccc(N)cc2)cc1C. The van der Waals surface area contributed by atoms with E-state index in [1.54, 1.807) is 0 Å². The molecule has 0 saturated heterocycles. The van der Waals surface area contributed by atoms with E-state index >= 15 is 0 Å². The van der Waals surface area contributed by atoms with E-state index in [1.807, 2.05) is 24.3 Å². The molecule has 0 atom stereocenters. The van der Waals surface area contributed by atoms with Crippen LogP contribution < -0.4 is 5.73 Å². The summed E-state index contributed by atoms with van der Waals surface area (Å²) in [5.41, 5.74) is 11.5. The highest BCUT2D eigenvalue weighted by atomic mass is 14.5. The lowest BCUT2D eigenvalue weighted by Gasteiger charge is -2.01. The summed E-state index contributed by atoms with van der Waals surface area (Å²) in [7, 11) is 0. The quantitative estimate of drug-likeness (QED) is 0.603. The summed E-state index contributed by atoms with van der Waals surface area (Å²) in [6, 6.07) is 14.4. The molecule has 0 heterocycles. The molecule has 1 nitrogen and oxygen atoms in total. The van der Waals surface area contributed by atoms with Crippen LogP contribution >= 0.6 is 0 Å². The molecule has 0 fully saturated rings. The topological polar surface area (TPSA) is 26.0 Å². The number of hydrogen-bond acceptors (Lipinski definition) is 1. The first-order chi connectivity index (χ1) is 8.15. The van der Waals surface area contributed by atoms with Crippen molar-refractivity contribution in [1.82, 2.24) is 0 Å². The summed E-state index contributed by atoms with van der Waals surface area (Å²) in [5.74, 6) is 0. The van der Waals surface area contributed by atoms with Gasteiger partial charge in [0.2, 0.25) is 0 Å². The minimum Gasteiger partial charge on any atom is -0.399 e. The van der Waals surface area contributed by atoms with Gasteiger partial charge in [-0.15, -0.1) is 0 Å². The van der Waals surface area contributed by atoms with Crippen LogP contribution in [0.3, 0.4) is 0 Å². The number of aryl methyl sites for hydroxylation is 2. The van der Waals surface area contributed by atoms with Gasteiger partial charge in [0.15, 0.2) is 0 Å². The molecular formula is C16H17N. The first kappa shape index (κ1) is 11.5. The van der Waals surface area contributed by atoms with E-state index < -0.39 is 0 Å². The number of benzene rings is 2. The predicted molar refractivity (Wildman–Crippen MR) is 75.7 cm³/mol. The molecule has 0 aliphatic rings. The van der Waals surface area contributed by atoms with Gasteiger partial charge < -0.3 is 5.73 Å². The average molecular weight is 223 g/mol. The Morgan fingerprint density at radius 2 is 1.35 bits per heavy atom. The summed E-state index contributed by atoms with van der Waals surface area (Å²) in [6.45, 7) is 4.26. The molecule has 0 saturated carbocycles. The van der Waals surface area contributed by atoms with Gasteiger partial charge in [-0.1, -0.05) is 42.5 Å². The van der Waals surface area contributed by atoms with Crippen LogP contribution in [0.15, 0.2) is 42.5 Å². The summed E-state index contributed by atoms with van der Waals surface area (Å²) < 4.78 is 0. The van der Waals surface area contributed by atoms with Crippen molar-refractivity contribution in [3.8, 4) is 0 Å². The van der Waals surface area contributed by atoms with E-state index in [0.29, 0.717) is 0 Å². The highest BCUT2D eigenvalue weighted by molar-refractivity contribution is 5.70. The van der Waals surface area contributed by atoms with E-state index in [1.165, 1.54) is 16.7 Å². The van der Waals surface area contributed by atoms with Gasteiger partial charge >= 0.3 is 0 Å². The maximum atomic E-state index is 5.65. The van der Waals surface area contributed by atoms with Crippen molar-refractivity contribution >= 4 is 17.8 Å². The average Bonchev–Trinajstić information content (AvgIpc) is 2.33. The van der Waals surface area contributed by atoms with E-state index in [9.17, 15) is 0 Å². The second kappa shape index (κ2) is 4.88. The fourth-order valence-electron chi connectivity index (χ4n) is 1.67. The Morgan fingerprint density at radius 3 is 2.00 bits per heavy atom. The Morgan fingerprint density at radius 1 is 0.765 bits per heavy atom. The molecule has 0 amide bonds. The fourth-order valence-corrected chi connectivity index (χ4v) is 1.67. The van der Waals surface area contributed by atoms with Crippen LogP contribution in [0, 0.1) is 13.8 Å². The van der Waals surface area contributed by atoms with Crippen LogP contribution in [0.1, 0.15) is 22.3 Å². The molecule has 0 aliphatic heterocycles. The molecule has 0 spiro atoms. The second-order valence-electron chi connectivity index (χ2n) is 4.34. The van der Waals surface area contributed by atoms with Crippen molar-refractivity contribution in [3.63, 3.8) is 0 Å². The predicted octanol–water partition coefficient (Wildman–Crippen LogP) is 4.06. The van der Waals surface area contributed by atoms with Crippen LogP contribution in [-0.4, -0.2) is 0 Å². The van der Waals surface area contributed by atoms with E-state index in [4.69, 9.17) is 5.73 Å². The zero-order chi connectivity index (χ0) is 12.3. The Balaban J connectivity index is 2.20. The summed E-state index contributed by atoms with van der Waals surface area (Å²) in [4.78, 5) is 0. The molecule has 86 valence electrons. The molecule has 2 N–H and O–H groups in total. The van der Waals surface area contributed by atoms with Gasteiger partial charge in [-0.2, -0.15) is 0 Å². The number of hydrogen-bond donors (Lipinski definition) is 1. The lowest BCUT2D eigenvalue weighted by atomic mass is 10.1. The molecule has 0 unspecified atom stereocenters. The van der Waals surface area contributed by atoms with Gasteiger partial charge in [-0.3, -0.25) is 0 Å². The number of rotatable bonds is 2. The molecule has 0 aliphatic carbocycles. The van der Waals surface area contributed by atoms with Gasteiger partial charge in [-0.05, 0) is 48.2 Å². The van der Waals surface area contributed by atoms with Crippen molar-refractivity contribution in [2.75, 3.05) is 5.73 Å². The normalized spacial score (nSPS) is 10.9. The summed E-state index contributed by atoms with van der Waals surface area (Å²) in [5, 5.41) is 0. The van der Waals surface area contributed by atoms with Crippen LogP contribution in [0.4, 0.5) is 5.69 Å². The Bertz CT molecular complexity index is 536. The minimum absolute atomic E-state index is 0.799. The first-order valence-electron chi connectivity index (χ1n) is 5.76. The molecule has 0 aromatic heterocycles. The maximum Gasteiger partial charge on any atom is 0.0314 e. The van der Waals surface area contributed by atoms with Gasteiger partial charge in [0.05, 0.1) is 0 Å². The summed E-state index contributed by atoms with van der Waals surface area (Å²) in [6.07, 6.45) is 4.22. The van der Waals surface area contributed by atoms with Gasteiger partial charge in [0, 0.05) is 5.69 Å². The highest BCUT2D eigenvalue weighted by Gasteiger charge is 1.93. The molecule has 2 aromatic rings. The molecule has 2 aromatic carbocycles. The van der Waals surface area contributed by atoms with E-state index in [0.717, 1.165) is 11.3 Å². The third-order valence-corrected chi connectivity index (χ3v) is 2.94. The zero-order valence-corrected chi connectivity index (χ0v) is 10.3. The molecule has 1 heteroatoms. The largest absolute Gasteiger partial charge is 0.399 e. The van der Waals surface area contributed by atoms with Crippen LogP contribution in [0.25, 0.3) is 12.2 Å². The number of nitrogen functional groups attached to an aromatic ring is 1. The monoisotopic (exact) mass is 223 g/mol. The fraction of sp³-hybridized carbons (Fsp3) is 0.125. The summed E-state index contributed by atoms with van der Waals surface area (Å²) >= 11 is 0. The van der Waals surface area contributed by atoms with Gasteiger partial charge in [0.1, 0.15) is 0 Å². The van der Waals surface area contributed by atoms with Gasteiger partial charge in [-0.25, -0.2) is 0 Å². The molecule has 17 heavy (non-hydrogen) atoms. The minimum atomic E-state index is 0.799. The standard InChI is InChI=1S/C16H17N/c1-12-3-4-15(11-13(12)2)6-5-14-7-9-16(17)10-8-14/h3-11H,17H2,1-2H3/b6-5+. The smallest absolute Gasteiger partial charge is 0.0314 e. The first-order valence-corrected chi connectivity index (χ1v) is 5.76. The number of nitrogens with two attached hydrogens (primary N) is 1. The van der Waals surface area contributed by atoms with Gasteiger partial charge in [0.25, 0.3) is 0 Å². The maximum absolute atomic E-state index is 5.65. The van der Waals surface area contributed by atoms with Crippen molar-refractivity contribution in [2.24, 2.45) is 0 Å². The molecule has 2 rings (SSSR count). The van der Waals surface area contributed by atoms with Crippen LogP contribution in [0.2, 0.25) is 0 Å². The Hall–Kier alpha value is -2.02. The molecule has 0 bridgehead atoms. The Labute approximate surface area is 103 Å². The van der Waals surface area contributed by atoms with Crippen molar-refractivity contribution in [2.45, 2.75) is 13.8 Å². The van der Waals surface area contributed by atoms with Crippen LogP contribution in [-0.2, 0) is 0 Å². The van der Waals surface area contributed by atoms with E-state index in [-0.39, 0.29) is 0 Å². The van der Waals surface area contributed by atoms with Crippen molar-refractivity contribution in [1.29, 1.82) is 0 Å². The molecular weight excluding hydrogens is 206 g/mol. The third-order valence-electron chi connectivity index (χ3n) is 2.94. The third kappa shape index (κ3) is 2.97.